The Bertz CT molecular complexity index is 379. The molecule has 0 bridgehead atoms. The fourth-order valence-electron chi connectivity index (χ4n) is 2.23. The minimum Gasteiger partial charge on any atom is -0.395 e. The van der Waals surface area contributed by atoms with Crippen LogP contribution in [0.3, 0.4) is 0 Å². The molecule has 0 unspecified atom stereocenters. The van der Waals surface area contributed by atoms with E-state index in [1.54, 1.807) is 0 Å². The molecule has 0 spiro atoms. The lowest BCUT2D eigenvalue weighted by molar-refractivity contribution is 0.198. The molecule has 0 aromatic heterocycles. The van der Waals surface area contributed by atoms with Gasteiger partial charge in [-0.05, 0) is 22.1 Å². The first-order valence-corrected chi connectivity index (χ1v) is 5.96. The number of aliphatic hydroxyl groups excluding tert-OH is 1. The van der Waals surface area contributed by atoms with Gasteiger partial charge in [0.2, 0.25) is 0 Å². The van der Waals surface area contributed by atoms with Gasteiger partial charge in [-0.1, -0.05) is 39.0 Å². The molecule has 0 amide bonds. The molecular weight excluding hydrogens is 198 g/mol. The van der Waals surface area contributed by atoms with E-state index >= 15 is 0 Å². The van der Waals surface area contributed by atoms with E-state index in [4.69, 9.17) is 5.11 Å². The first-order chi connectivity index (χ1) is 7.50. The van der Waals surface area contributed by atoms with Crippen molar-refractivity contribution in [1.82, 2.24) is 4.90 Å². The molecule has 2 nitrogen and oxygen atoms in total. The number of hydrogen-bond acceptors (Lipinski definition) is 2. The predicted octanol–water partition coefficient (Wildman–Crippen LogP) is 2.29. The minimum absolute atomic E-state index is 0.222. The van der Waals surface area contributed by atoms with Gasteiger partial charge in [0.1, 0.15) is 0 Å². The number of nitrogens with zero attached hydrogens (tertiary/aromatic N) is 1. The lowest BCUT2D eigenvalue weighted by Gasteiger charge is -2.19. The molecule has 2 rings (SSSR count). The largest absolute Gasteiger partial charge is 0.395 e. The van der Waals surface area contributed by atoms with E-state index in [9.17, 15) is 0 Å². The van der Waals surface area contributed by atoms with Crippen LogP contribution in [0.2, 0.25) is 0 Å². The lowest BCUT2D eigenvalue weighted by Crippen LogP contribution is -2.20. The van der Waals surface area contributed by atoms with Gasteiger partial charge in [-0.2, -0.15) is 0 Å². The highest BCUT2D eigenvalue weighted by molar-refractivity contribution is 5.37. The van der Waals surface area contributed by atoms with E-state index in [0.29, 0.717) is 0 Å². The van der Waals surface area contributed by atoms with Crippen molar-refractivity contribution in [2.24, 2.45) is 0 Å². The fraction of sp³-hybridized carbons (Fsp3) is 0.571. The summed E-state index contributed by atoms with van der Waals surface area (Å²) >= 11 is 0. The maximum atomic E-state index is 8.95. The van der Waals surface area contributed by atoms with Gasteiger partial charge in [-0.25, -0.2) is 0 Å². The summed E-state index contributed by atoms with van der Waals surface area (Å²) in [6, 6.07) is 6.81. The van der Waals surface area contributed by atoms with Crippen LogP contribution in [0.5, 0.6) is 0 Å². The van der Waals surface area contributed by atoms with Gasteiger partial charge in [0.15, 0.2) is 0 Å². The fourth-order valence-corrected chi connectivity index (χ4v) is 2.23. The standard InChI is InChI=1S/C14H21NO/c1-14(2,3)13-5-4-11-9-15(6-7-16)10-12(11)8-13/h4-5,8,16H,6-7,9-10H2,1-3H3. The molecule has 16 heavy (non-hydrogen) atoms. The number of fused-ring (bicyclic) bond motifs is 1. The van der Waals surface area contributed by atoms with Crippen molar-refractivity contribution < 1.29 is 5.11 Å². The van der Waals surface area contributed by atoms with Gasteiger partial charge in [0.25, 0.3) is 0 Å². The summed E-state index contributed by atoms with van der Waals surface area (Å²) < 4.78 is 0. The summed E-state index contributed by atoms with van der Waals surface area (Å²) in [6.45, 7) is 9.74. The zero-order valence-corrected chi connectivity index (χ0v) is 10.5. The van der Waals surface area contributed by atoms with Gasteiger partial charge >= 0.3 is 0 Å². The van der Waals surface area contributed by atoms with Crippen molar-refractivity contribution in [2.75, 3.05) is 13.2 Å². The molecule has 2 heteroatoms. The van der Waals surface area contributed by atoms with Crippen LogP contribution >= 0.6 is 0 Å². The quantitative estimate of drug-likeness (QED) is 0.825. The topological polar surface area (TPSA) is 23.5 Å². The third-order valence-electron chi connectivity index (χ3n) is 3.28. The molecule has 1 N–H and O–H groups in total. The maximum Gasteiger partial charge on any atom is 0.0558 e. The van der Waals surface area contributed by atoms with Crippen molar-refractivity contribution >= 4 is 0 Å². The van der Waals surface area contributed by atoms with E-state index in [-0.39, 0.29) is 12.0 Å². The second-order valence-electron chi connectivity index (χ2n) is 5.67. The van der Waals surface area contributed by atoms with Gasteiger partial charge in [0.05, 0.1) is 6.61 Å². The Balaban J connectivity index is 2.21. The summed E-state index contributed by atoms with van der Waals surface area (Å²) in [5.74, 6) is 0. The summed E-state index contributed by atoms with van der Waals surface area (Å²) in [5, 5.41) is 8.95. The molecule has 88 valence electrons. The van der Waals surface area contributed by atoms with Crippen LogP contribution < -0.4 is 0 Å². The highest BCUT2D eigenvalue weighted by atomic mass is 16.3. The molecule has 1 aliphatic rings. The first kappa shape index (κ1) is 11.6. The van der Waals surface area contributed by atoms with E-state index in [0.717, 1.165) is 19.6 Å². The van der Waals surface area contributed by atoms with Crippen LogP contribution in [0.1, 0.15) is 37.5 Å². The molecule has 0 atom stereocenters. The molecular formula is C14H21NO. The Hall–Kier alpha value is -0.860. The smallest absolute Gasteiger partial charge is 0.0558 e. The van der Waals surface area contributed by atoms with Gasteiger partial charge in [-0.3, -0.25) is 4.90 Å². The van der Waals surface area contributed by atoms with Crippen molar-refractivity contribution in [3.05, 3.63) is 34.9 Å². The summed E-state index contributed by atoms with van der Waals surface area (Å²) in [5.41, 5.74) is 4.47. The average Bonchev–Trinajstić information content (AvgIpc) is 2.57. The average molecular weight is 219 g/mol. The normalized spacial score (nSPS) is 16.5. The Morgan fingerprint density at radius 1 is 1.19 bits per heavy atom. The monoisotopic (exact) mass is 219 g/mol. The van der Waals surface area contributed by atoms with Crippen LogP contribution in [0.4, 0.5) is 0 Å². The second kappa shape index (κ2) is 4.19. The second-order valence-corrected chi connectivity index (χ2v) is 5.67. The number of rotatable bonds is 2. The maximum absolute atomic E-state index is 8.95. The molecule has 1 aromatic carbocycles. The number of hydrogen-bond donors (Lipinski definition) is 1. The van der Waals surface area contributed by atoms with E-state index in [2.05, 4.69) is 43.9 Å². The number of β-amino-alcohol motifs (C(OH)–C–C–N with tert-alkyl or cyclic N) is 1. The lowest BCUT2D eigenvalue weighted by atomic mass is 9.85. The van der Waals surface area contributed by atoms with Crippen molar-refractivity contribution in [3.8, 4) is 0 Å². The zero-order valence-electron chi connectivity index (χ0n) is 10.5. The zero-order chi connectivity index (χ0) is 11.8. The van der Waals surface area contributed by atoms with Crippen LogP contribution in [-0.4, -0.2) is 23.2 Å². The van der Waals surface area contributed by atoms with Crippen LogP contribution in [-0.2, 0) is 18.5 Å². The summed E-state index contributed by atoms with van der Waals surface area (Å²) in [4.78, 5) is 2.29. The molecule has 0 radical (unpaired) electrons. The Labute approximate surface area is 97.9 Å². The third kappa shape index (κ3) is 2.28. The molecule has 0 saturated heterocycles. The number of aliphatic hydroxyl groups is 1. The highest BCUT2D eigenvalue weighted by Crippen LogP contribution is 2.29. The molecule has 1 heterocycles. The van der Waals surface area contributed by atoms with Crippen LogP contribution in [0, 0.1) is 0 Å². The highest BCUT2D eigenvalue weighted by Gasteiger charge is 2.21. The molecule has 1 aromatic rings. The Morgan fingerprint density at radius 3 is 2.50 bits per heavy atom. The van der Waals surface area contributed by atoms with E-state index < -0.39 is 0 Å². The van der Waals surface area contributed by atoms with E-state index in [1.807, 2.05) is 0 Å². The van der Waals surface area contributed by atoms with Crippen LogP contribution in [0.25, 0.3) is 0 Å². The van der Waals surface area contributed by atoms with Crippen molar-refractivity contribution in [3.63, 3.8) is 0 Å². The predicted molar refractivity (Wildman–Crippen MR) is 66.3 cm³/mol. The summed E-state index contributed by atoms with van der Waals surface area (Å²) in [7, 11) is 0. The summed E-state index contributed by atoms with van der Waals surface area (Å²) in [6.07, 6.45) is 0. The molecule has 0 aliphatic carbocycles. The van der Waals surface area contributed by atoms with Crippen LogP contribution in [0.15, 0.2) is 18.2 Å². The Morgan fingerprint density at radius 2 is 1.88 bits per heavy atom. The minimum atomic E-state index is 0.222. The van der Waals surface area contributed by atoms with E-state index in [1.165, 1.54) is 16.7 Å². The van der Waals surface area contributed by atoms with Gasteiger partial charge < -0.3 is 5.11 Å². The number of benzene rings is 1. The van der Waals surface area contributed by atoms with Crippen molar-refractivity contribution in [2.45, 2.75) is 39.3 Å². The van der Waals surface area contributed by atoms with Crippen molar-refractivity contribution in [1.29, 1.82) is 0 Å². The molecule has 0 fully saturated rings. The first-order valence-electron chi connectivity index (χ1n) is 5.96. The SMILES string of the molecule is CC(C)(C)c1ccc2c(c1)CN(CCO)C2. The molecule has 1 aliphatic heterocycles. The van der Waals surface area contributed by atoms with Gasteiger partial charge in [0, 0.05) is 19.6 Å². The van der Waals surface area contributed by atoms with Gasteiger partial charge in [-0.15, -0.1) is 0 Å². The Kier molecular flexibility index (Phi) is 3.04. The molecule has 0 saturated carbocycles. The third-order valence-corrected chi connectivity index (χ3v) is 3.28.